The van der Waals surface area contributed by atoms with Gasteiger partial charge in [-0.3, -0.25) is 0 Å². The molecule has 0 unspecified atom stereocenters. The summed E-state index contributed by atoms with van der Waals surface area (Å²) in [5.41, 5.74) is 10.5. The lowest BCUT2D eigenvalue weighted by atomic mass is 10.0. The maximum atomic E-state index is 16.1. The van der Waals surface area contributed by atoms with E-state index in [1.54, 1.807) is 0 Å². The fourth-order valence-corrected chi connectivity index (χ4v) is 6.86. The minimum absolute atomic E-state index is 0.0936. The number of nitrogens with one attached hydrogen (secondary N) is 3. The number of aromatic amines is 3. The zero-order chi connectivity index (χ0) is 44.5. The lowest BCUT2D eigenvalue weighted by Gasteiger charge is -2.12. The van der Waals surface area contributed by atoms with E-state index in [0.717, 1.165) is 42.5 Å². The van der Waals surface area contributed by atoms with Gasteiger partial charge in [-0.1, -0.05) is 15.3 Å². The van der Waals surface area contributed by atoms with Crippen molar-refractivity contribution in [1.82, 2.24) is 19.9 Å². The Morgan fingerprint density at radius 1 is 0.339 bits per heavy atom. The Labute approximate surface area is 332 Å². The van der Waals surface area contributed by atoms with Crippen LogP contribution in [0.4, 0.5) is 69.7 Å². The van der Waals surface area contributed by atoms with Crippen LogP contribution in [0.2, 0.25) is 0 Å². The van der Waals surface area contributed by atoms with Gasteiger partial charge in [-0.05, 0) is 65.1 Å². The molecular weight excluding hydrogens is 854 g/mol. The lowest BCUT2D eigenvalue weighted by Crippen LogP contribution is -2.02. The van der Waals surface area contributed by atoms with E-state index in [0.29, 0.717) is 0 Å². The summed E-state index contributed by atoms with van der Waals surface area (Å²) in [6.45, 7) is 0. The van der Waals surface area contributed by atoms with E-state index >= 15 is 52.7 Å². The number of nitrogens with zero attached hydrogens (tertiary/aromatic N) is 10. The van der Waals surface area contributed by atoms with Crippen LogP contribution in [-0.2, 0) is 0 Å². The van der Waals surface area contributed by atoms with Gasteiger partial charge in [-0.25, -0.2) is 57.7 Å². The van der Waals surface area contributed by atoms with Crippen LogP contribution in [0, 0.1) is 69.8 Å². The van der Waals surface area contributed by atoms with Gasteiger partial charge in [0.25, 0.3) is 0 Å². The van der Waals surface area contributed by atoms with Crippen molar-refractivity contribution in [2.45, 2.75) is 0 Å². The molecule has 0 saturated heterocycles. The Balaban J connectivity index is 1.64. The number of hydrogen-bond donors (Lipinski definition) is 3. The van der Waals surface area contributed by atoms with Gasteiger partial charge in [0.05, 0.1) is 33.6 Å². The van der Waals surface area contributed by atoms with Gasteiger partial charge in [0.1, 0.15) is 17.1 Å². The highest BCUT2D eigenvalue weighted by Gasteiger charge is 2.32. The van der Waals surface area contributed by atoms with Crippen LogP contribution < -0.4 is 0 Å². The third-order valence-corrected chi connectivity index (χ3v) is 9.48. The fraction of sp³-hybridized carbons (Fsp3) is 0. The zero-order valence-electron chi connectivity index (χ0n) is 29.6. The number of halogens is 12. The van der Waals surface area contributed by atoms with Crippen molar-refractivity contribution < 1.29 is 52.7 Å². The van der Waals surface area contributed by atoms with E-state index in [9.17, 15) is 0 Å². The first-order valence-corrected chi connectivity index (χ1v) is 16.7. The third kappa shape index (κ3) is 5.95. The van der Waals surface area contributed by atoms with Crippen molar-refractivity contribution in [3.8, 4) is 33.4 Å². The highest BCUT2D eigenvalue weighted by molar-refractivity contribution is 6.01. The SMILES string of the molecule is [N-]=[N+]=Nc1c(F)c(F)c(-c2c3nc(c4ccc([nH]4)c(-c4c(F)c(F)c(N=[N+]=[N-])c(F)c4F)c4ccc([nH]4)c(-c4c(F)c(F)c(N=[N+]=[N-])c(F)c4F)c4ccc2[nH]4)C=C3)c(F)c1F. The second-order valence-corrected chi connectivity index (χ2v) is 12.7. The smallest absolute Gasteiger partial charge is 0.172 e. The van der Waals surface area contributed by atoms with Crippen molar-refractivity contribution in [1.29, 1.82) is 0 Å². The molecule has 308 valence electrons. The lowest BCUT2D eigenvalue weighted by molar-refractivity contribution is 0.462. The predicted molar refractivity (Wildman–Crippen MR) is 197 cm³/mol. The van der Waals surface area contributed by atoms with Gasteiger partial charge in [0.2, 0.25) is 0 Å². The van der Waals surface area contributed by atoms with Crippen molar-refractivity contribution in [2.75, 3.05) is 0 Å². The van der Waals surface area contributed by atoms with E-state index < -0.39 is 154 Å². The molecule has 1 aliphatic rings. The summed E-state index contributed by atoms with van der Waals surface area (Å²) in [6.07, 6.45) is 2.22. The van der Waals surface area contributed by atoms with E-state index in [-0.39, 0.29) is 11.2 Å². The second-order valence-electron chi connectivity index (χ2n) is 12.7. The summed E-state index contributed by atoms with van der Waals surface area (Å²) in [5.74, 6) is -26.1. The van der Waals surface area contributed by atoms with E-state index in [1.165, 1.54) is 6.07 Å². The van der Waals surface area contributed by atoms with E-state index in [2.05, 4.69) is 50.0 Å². The highest BCUT2D eigenvalue weighted by Crippen LogP contribution is 2.44. The first kappa shape index (κ1) is 40.3. The van der Waals surface area contributed by atoms with Crippen LogP contribution in [0.5, 0.6) is 0 Å². The monoisotopic (exact) mass is 865 g/mol. The zero-order valence-corrected chi connectivity index (χ0v) is 29.6. The maximum Gasteiger partial charge on any atom is 0.172 e. The van der Waals surface area contributed by atoms with Gasteiger partial charge in [0, 0.05) is 59.0 Å². The van der Waals surface area contributed by atoms with Crippen molar-refractivity contribution in [3.63, 3.8) is 0 Å². The van der Waals surface area contributed by atoms with Gasteiger partial charge >= 0.3 is 0 Å². The van der Waals surface area contributed by atoms with Gasteiger partial charge in [-0.15, -0.1) is 0 Å². The number of fused-ring (bicyclic) bond motifs is 9. The topological polar surface area (TPSA) is 207 Å². The molecule has 5 heterocycles. The molecule has 8 bridgehead atoms. The summed E-state index contributed by atoms with van der Waals surface area (Å²) in [7, 11) is 0. The van der Waals surface area contributed by atoms with E-state index in [1.807, 2.05) is 0 Å². The third-order valence-electron chi connectivity index (χ3n) is 9.48. The Kier molecular flexibility index (Phi) is 9.70. The molecule has 0 aliphatic carbocycles. The van der Waals surface area contributed by atoms with Crippen LogP contribution in [0.15, 0.2) is 51.7 Å². The Hall–Kier alpha value is -8.52. The van der Waals surface area contributed by atoms with Crippen LogP contribution in [0.25, 0.3) is 110 Å². The molecule has 13 nitrogen and oxygen atoms in total. The molecule has 3 N–H and O–H groups in total. The second kappa shape index (κ2) is 14.9. The molecule has 0 spiro atoms. The Bertz CT molecular complexity index is 3390. The number of rotatable bonds is 6. The predicted octanol–water partition coefficient (Wildman–Crippen LogP) is 14.2. The van der Waals surface area contributed by atoms with Crippen molar-refractivity contribution in [3.05, 3.63) is 149 Å². The molecule has 4 aromatic heterocycles. The first-order chi connectivity index (χ1) is 29.6. The van der Waals surface area contributed by atoms with Gasteiger partial charge in [0.15, 0.2) is 69.8 Å². The van der Waals surface area contributed by atoms with Crippen LogP contribution in [-0.4, -0.2) is 19.9 Å². The summed E-state index contributed by atoms with van der Waals surface area (Å²) in [4.78, 5) is 18.5. The summed E-state index contributed by atoms with van der Waals surface area (Å²) in [6, 6.07) is 5.94. The van der Waals surface area contributed by atoms with Gasteiger partial charge < -0.3 is 15.0 Å². The molecule has 0 atom stereocenters. The summed E-state index contributed by atoms with van der Waals surface area (Å²) >= 11 is 0. The molecule has 8 rings (SSSR count). The molecule has 0 amide bonds. The highest BCUT2D eigenvalue weighted by atomic mass is 19.2. The molecule has 62 heavy (non-hydrogen) atoms. The molecule has 0 saturated carbocycles. The molecule has 25 heteroatoms. The van der Waals surface area contributed by atoms with E-state index in [4.69, 9.17) is 16.6 Å². The maximum absolute atomic E-state index is 16.1. The Morgan fingerprint density at radius 3 is 0.919 bits per heavy atom. The minimum Gasteiger partial charge on any atom is -0.354 e. The van der Waals surface area contributed by atoms with Crippen LogP contribution in [0.3, 0.4) is 0 Å². The first-order valence-electron chi connectivity index (χ1n) is 16.7. The molecule has 1 aliphatic heterocycles. The standard InChI is InChI=1S/C37H11F12N13/c38-23-20(24(39)30(45)35(29(23)44)57-60-50)17-11-3-1-9(53-11)10-2-4-12(54-10)18(21-25(40)31(46)36(58-61-51)32(47)26(21)41)14-6-8-16(56-14)19(15-7-5-13(17)55-15)22-27(42)33(48)37(59-62-52)34(49)28(22)43/h1-8,53,55-56H. The van der Waals surface area contributed by atoms with Gasteiger partial charge in [-0.2, -0.15) is 0 Å². The average molecular weight is 866 g/mol. The fourth-order valence-electron chi connectivity index (χ4n) is 6.86. The number of hydrogen-bond acceptors (Lipinski definition) is 4. The van der Waals surface area contributed by atoms with Crippen molar-refractivity contribution >= 4 is 62.3 Å². The quantitative estimate of drug-likeness (QED) is 0.0482. The number of H-pyrrole nitrogens is 3. The average Bonchev–Trinajstić information content (AvgIpc) is 4.11. The number of aromatic nitrogens is 4. The molecule has 0 fully saturated rings. The minimum atomic E-state index is -2.24. The molecule has 3 aromatic carbocycles. The molecular formula is C37H11F12N13. The Morgan fingerprint density at radius 2 is 0.597 bits per heavy atom. The summed E-state index contributed by atoms with van der Waals surface area (Å²) < 4.78 is 188. The molecule has 7 aromatic rings. The normalized spacial score (nSPS) is 11.5. The molecule has 0 radical (unpaired) electrons. The van der Waals surface area contributed by atoms with Crippen LogP contribution >= 0.6 is 0 Å². The van der Waals surface area contributed by atoms with Crippen molar-refractivity contribution in [2.24, 2.45) is 15.3 Å². The van der Waals surface area contributed by atoms with Crippen LogP contribution in [0.1, 0.15) is 11.4 Å². The summed E-state index contributed by atoms with van der Waals surface area (Å²) in [5, 5.41) is 7.97. The number of azide groups is 3. The largest absolute Gasteiger partial charge is 0.354 e. The number of benzene rings is 3.